The van der Waals surface area contributed by atoms with E-state index >= 15 is 0 Å². The van der Waals surface area contributed by atoms with Crippen molar-refractivity contribution in [2.45, 2.75) is 13.8 Å². The lowest BCUT2D eigenvalue weighted by atomic mass is 10.9. The standard InChI is InChI=1S/C6H16NO2PS/c1-5-8-10(11,7(3)4)9-6-2/h5-6H2,1-4H3. The van der Waals surface area contributed by atoms with E-state index in [2.05, 4.69) is 0 Å². The van der Waals surface area contributed by atoms with Crippen molar-refractivity contribution in [2.24, 2.45) is 0 Å². The van der Waals surface area contributed by atoms with E-state index < -0.39 is 6.64 Å². The van der Waals surface area contributed by atoms with Gasteiger partial charge in [-0.05, 0) is 39.7 Å². The molecule has 3 nitrogen and oxygen atoms in total. The molecule has 0 aliphatic carbocycles. The van der Waals surface area contributed by atoms with Gasteiger partial charge in [0, 0.05) is 0 Å². The van der Waals surface area contributed by atoms with E-state index in [9.17, 15) is 0 Å². The molecule has 0 radical (unpaired) electrons. The Bertz CT molecular complexity index is 142. The molecule has 0 aromatic heterocycles. The Kier molecular flexibility index (Phi) is 5.48. The second kappa shape index (κ2) is 5.22. The summed E-state index contributed by atoms with van der Waals surface area (Å²) in [5, 5.41) is 0. The van der Waals surface area contributed by atoms with E-state index in [4.69, 9.17) is 20.9 Å². The molecule has 0 amide bonds. The molecule has 0 atom stereocenters. The molecular formula is C6H16NO2PS. The van der Waals surface area contributed by atoms with Crippen LogP contribution in [0.2, 0.25) is 0 Å². The summed E-state index contributed by atoms with van der Waals surface area (Å²) in [5.74, 6) is 0. The van der Waals surface area contributed by atoms with Crippen LogP contribution in [0.25, 0.3) is 0 Å². The van der Waals surface area contributed by atoms with Crippen molar-refractivity contribution in [3.8, 4) is 0 Å². The average Bonchev–Trinajstić information content (AvgIpc) is 1.88. The van der Waals surface area contributed by atoms with Gasteiger partial charge < -0.3 is 9.05 Å². The van der Waals surface area contributed by atoms with Crippen molar-refractivity contribution in [3.63, 3.8) is 0 Å². The van der Waals surface area contributed by atoms with Crippen LogP contribution in [0.15, 0.2) is 0 Å². The van der Waals surface area contributed by atoms with Gasteiger partial charge in [-0.2, -0.15) is 0 Å². The molecule has 0 bridgehead atoms. The number of hydrogen-bond acceptors (Lipinski definition) is 3. The number of nitrogens with zero attached hydrogens (tertiary/aromatic N) is 1. The zero-order valence-electron chi connectivity index (χ0n) is 7.53. The molecule has 0 heterocycles. The molecule has 0 aromatic carbocycles. The third kappa shape index (κ3) is 3.63. The van der Waals surface area contributed by atoms with Gasteiger partial charge in [-0.15, -0.1) is 0 Å². The number of hydrogen-bond donors (Lipinski definition) is 0. The molecular weight excluding hydrogens is 181 g/mol. The van der Waals surface area contributed by atoms with E-state index in [1.807, 2.05) is 32.6 Å². The Labute approximate surface area is 73.9 Å². The van der Waals surface area contributed by atoms with Gasteiger partial charge >= 0.3 is 0 Å². The zero-order chi connectivity index (χ0) is 8.91. The van der Waals surface area contributed by atoms with Gasteiger partial charge in [0.05, 0.1) is 13.2 Å². The van der Waals surface area contributed by atoms with Gasteiger partial charge in [-0.1, -0.05) is 0 Å². The van der Waals surface area contributed by atoms with Crippen molar-refractivity contribution < 1.29 is 9.05 Å². The summed E-state index contributed by atoms with van der Waals surface area (Å²) in [6, 6.07) is 0. The van der Waals surface area contributed by atoms with E-state index in [0.717, 1.165) is 0 Å². The Morgan fingerprint density at radius 1 is 1.18 bits per heavy atom. The molecule has 0 aliphatic rings. The Morgan fingerprint density at radius 3 is 1.73 bits per heavy atom. The first-order valence-electron chi connectivity index (χ1n) is 3.63. The second-order valence-corrected chi connectivity index (χ2v) is 5.79. The van der Waals surface area contributed by atoms with Gasteiger partial charge in [0.1, 0.15) is 0 Å². The van der Waals surface area contributed by atoms with Gasteiger partial charge in [0.15, 0.2) is 0 Å². The molecule has 0 unspecified atom stereocenters. The molecule has 68 valence electrons. The normalized spacial score (nSPS) is 12.5. The summed E-state index contributed by atoms with van der Waals surface area (Å²) in [6.07, 6.45) is 0. The third-order valence-corrected chi connectivity index (χ3v) is 4.84. The fourth-order valence-corrected chi connectivity index (χ4v) is 2.42. The molecule has 5 heteroatoms. The predicted molar refractivity (Wildman–Crippen MR) is 51.2 cm³/mol. The maximum atomic E-state index is 5.36. The fraction of sp³-hybridized carbons (Fsp3) is 1.00. The van der Waals surface area contributed by atoms with Gasteiger partial charge in [0.25, 0.3) is 6.64 Å². The summed E-state index contributed by atoms with van der Waals surface area (Å²) in [5.41, 5.74) is 0. The van der Waals surface area contributed by atoms with Gasteiger partial charge in [-0.25, -0.2) is 4.67 Å². The summed E-state index contributed by atoms with van der Waals surface area (Å²) >= 11 is 5.22. The van der Waals surface area contributed by atoms with Crippen molar-refractivity contribution in [3.05, 3.63) is 0 Å². The van der Waals surface area contributed by atoms with E-state index in [-0.39, 0.29) is 0 Å². The average molecular weight is 197 g/mol. The fourth-order valence-electron chi connectivity index (χ4n) is 0.594. The SMILES string of the molecule is CCOP(=S)(OCC)N(C)C. The minimum Gasteiger partial charge on any atom is -0.318 e. The highest BCUT2D eigenvalue weighted by Crippen LogP contribution is 2.49. The molecule has 0 rings (SSSR count). The van der Waals surface area contributed by atoms with Crippen LogP contribution in [0.5, 0.6) is 0 Å². The van der Waals surface area contributed by atoms with Gasteiger partial charge in [-0.3, -0.25) is 0 Å². The summed E-state index contributed by atoms with van der Waals surface area (Å²) in [7, 11) is 3.76. The summed E-state index contributed by atoms with van der Waals surface area (Å²) < 4.78 is 12.6. The van der Waals surface area contributed by atoms with Crippen LogP contribution in [0.4, 0.5) is 0 Å². The highest BCUT2D eigenvalue weighted by atomic mass is 32.5. The molecule has 0 aromatic rings. The maximum absolute atomic E-state index is 5.36. The molecule has 0 spiro atoms. The highest BCUT2D eigenvalue weighted by Gasteiger charge is 2.20. The Morgan fingerprint density at radius 2 is 1.55 bits per heavy atom. The van der Waals surface area contributed by atoms with Crippen LogP contribution in [-0.4, -0.2) is 32.0 Å². The third-order valence-electron chi connectivity index (χ3n) is 1.07. The van der Waals surface area contributed by atoms with Crippen molar-refractivity contribution >= 4 is 18.4 Å². The minimum absolute atomic E-state index is 0.607. The quantitative estimate of drug-likeness (QED) is 0.627. The molecule has 0 aliphatic heterocycles. The Hall–Kier alpha value is 0.530. The summed E-state index contributed by atoms with van der Waals surface area (Å²) in [4.78, 5) is 0. The van der Waals surface area contributed by atoms with E-state index in [1.54, 1.807) is 0 Å². The minimum atomic E-state index is -2.12. The first kappa shape index (κ1) is 11.5. The predicted octanol–water partition coefficient (Wildman–Crippen LogP) is 1.85. The van der Waals surface area contributed by atoms with Crippen LogP contribution in [-0.2, 0) is 20.9 Å². The molecule has 0 saturated heterocycles. The molecule has 11 heavy (non-hydrogen) atoms. The largest absolute Gasteiger partial charge is 0.318 e. The van der Waals surface area contributed by atoms with Crippen LogP contribution < -0.4 is 0 Å². The lowest BCUT2D eigenvalue weighted by molar-refractivity contribution is 0.234. The van der Waals surface area contributed by atoms with Crippen molar-refractivity contribution in [2.75, 3.05) is 27.3 Å². The molecule has 0 saturated carbocycles. The van der Waals surface area contributed by atoms with E-state index in [1.165, 1.54) is 0 Å². The van der Waals surface area contributed by atoms with Crippen LogP contribution in [0.3, 0.4) is 0 Å². The molecule has 0 fully saturated rings. The second-order valence-electron chi connectivity index (χ2n) is 2.15. The monoisotopic (exact) mass is 197 g/mol. The smallest absolute Gasteiger partial charge is 0.263 e. The van der Waals surface area contributed by atoms with Gasteiger partial charge in [0.2, 0.25) is 0 Å². The zero-order valence-corrected chi connectivity index (χ0v) is 9.24. The summed E-state index contributed by atoms with van der Waals surface area (Å²) in [6.45, 7) is 2.93. The number of rotatable bonds is 5. The molecule has 0 N–H and O–H groups in total. The topological polar surface area (TPSA) is 21.7 Å². The van der Waals surface area contributed by atoms with Crippen molar-refractivity contribution in [1.29, 1.82) is 0 Å². The first-order chi connectivity index (χ1) is 5.06. The maximum Gasteiger partial charge on any atom is 0.263 e. The van der Waals surface area contributed by atoms with Crippen LogP contribution in [0.1, 0.15) is 13.8 Å². The van der Waals surface area contributed by atoms with Crippen LogP contribution >= 0.6 is 6.64 Å². The van der Waals surface area contributed by atoms with Crippen LogP contribution in [0, 0.1) is 0 Å². The lowest BCUT2D eigenvalue weighted by Gasteiger charge is -2.26. The van der Waals surface area contributed by atoms with E-state index in [0.29, 0.717) is 13.2 Å². The lowest BCUT2D eigenvalue weighted by Crippen LogP contribution is -2.12. The highest BCUT2D eigenvalue weighted by molar-refractivity contribution is 8.08. The Balaban J connectivity index is 4.14. The first-order valence-corrected chi connectivity index (χ1v) is 6.22. The van der Waals surface area contributed by atoms with Crippen molar-refractivity contribution in [1.82, 2.24) is 4.67 Å².